The van der Waals surface area contributed by atoms with Gasteiger partial charge in [-0.15, -0.1) is 0 Å². The van der Waals surface area contributed by atoms with Crippen molar-refractivity contribution in [2.45, 2.75) is 36.8 Å². The number of ether oxygens (including phenoxy) is 1. The Labute approximate surface area is 102 Å². The van der Waals surface area contributed by atoms with Crippen molar-refractivity contribution in [3.63, 3.8) is 0 Å². The zero-order valence-corrected chi connectivity index (χ0v) is 9.80. The molecule has 1 saturated carbocycles. The van der Waals surface area contributed by atoms with Gasteiger partial charge in [0, 0.05) is 0 Å². The monoisotopic (exact) mass is 231 g/mol. The van der Waals surface area contributed by atoms with Gasteiger partial charge in [-0.1, -0.05) is 12.1 Å². The number of aliphatic hydroxyl groups excluding tert-OH is 1. The Kier molecular flexibility index (Phi) is 2.78. The summed E-state index contributed by atoms with van der Waals surface area (Å²) >= 11 is 0. The van der Waals surface area contributed by atoms with Gasteiger partial charge >= 0.3 is 0 Å². The largest absolute Gasteiger partial charge is 0.490 e. The second-order valence-electron chi connectivity index (χ2n) is 5.05. The molecule has 0 amide bonds. The minimum absolute atomic E-state index is 0.144. The van der Waals surface area contributed by atoms with E-state index in [1.165, 1.54) is 6.32 Å². The predicted octanol–water partition coefficient (Wildman–Crippen LogP) is 1.19. The molecule has 1 atom stereocenters. The maximum absolute atomic E-state index is 9.27. The maximum atomic E-state index is 9.27. The van der Waals surface area contributed by atoms with E-state index in [4.69, 9.17) is 4.74 Å². The van der Waals surface area contributed by atoms with Crippen molar-refractivity contribution in [3.05, 3.63) is 18.2 Å². The minimum atomic E-state index is -0.151. The van der Waals surface area contributed by atoms with Crippen molar-refractivity contribution in [2.75, 3.05) is 13.2 Å². The molecule has 4 nitrogen and oxygen atoms in total. The molecule has 89 valence electrons. The molecule has 1 N–H and O–H groups in total. The topological polar surface area (TPSA) is 55.2 Å². The van der Waals surface area contributed by atoms with E-state index in [9.17, 15) is 5.11 Å². The second kappa shape index (κ2) is 4.29. The van der Waals surface area contributed by atoms with Crippen LogP contribution >= 0.6 is 0 Å². The molecule has 1 saturated heterocycles. The Bertz CT molecular complexity index is 388. The SMILES string of the molecule is OCC1(c2ncc(OCCC3[B]C3)cn2)CC1. The molecule has 5 heteroatoms. The Morgan fingerprint density at radius 1 is 1.41 bits per heavy atom. The van der Waals surface area contributed by atoms with Gasteiger partial charge in [0.1, 0.15) is 13.1 Å². The lowest BCUT2D eigenvalue weighted by Gasteiger charge is -2.10. The summed E-state index contributed by atoms with van der Waals surface area (Å²) in [6.45, 7) is 0.875. The van der Waals surface area contributed by atoms with Crippen LogP contribution in [0.3, 0.4) is 0 Å². The van der Waals surface area contributed by atoms with E-state index in [1.54, 1.807) is 12.4 Å². The van der Waals surface area contributed by atoms with Gasteiger partial charge < -0.3 is 9.84 Å². The zero-order chi connectivity index (χ0) is 11.7. The molecule has 0 spiro atoms. The lowest BCUT2D eigenvalue weighted by molar-refractivity contribution is 0.249. The summed E-state index contributed by atoms with van der Waals surface area (Å²) in [7, 11) is 2.29. The van der Waals surface area contributed by atoms with E-state index >= 15 is 0 Å². The number of hydrogen-bond acceptors (Lipinski definition) is 4. The van der Waals surface area contributed by atoms with Crippen LogP contribution < -0.4 is 4.74 Å². The van der Waals surface area contributed by atoms with Gasteiger partial charge in [-0.3, -0.25) is 0 Å². The highest BCUT2D eigenvalue weighted by molar-refractivity contribution is 6.50. The highest BCUT2D eigenvalue weighted by Gasteiger charge is 2.46. The van der Waals surface area contributed by atoms with Crippen molar-refractivity contribution in [1.82, 2.24) is 9.97 Å². The molecule has 1 radical (unpaired) electrons. The summed E-state index contributed by atoms with van der Waals surface area (Å²) in [6.07, 6.45) is 7.73. The summed E-state index contributed by atoms with van der Waals surface area (Å²) in [5, 5.41) is 9.27. The van der Waals surface area contributed by atoms with E-state index in [1.807, 2.05) is 0 Å². The maximum Gasteiger partial charge on any atom is 0.155 e. The first-order chi connectivity index (χ1) is 8.32. The Hall–Kier alpha value is -1.10. The number of aliphatic hydroxyl groups is 1. The predicted molar refractivity (Wildman–Crippen MR) is 64.5 cm³/mol. The van der Waals surface area contributed by atoms with E-state index in [-0.39, 0.29) is 12.0 Å². The normalized spacial score (nSPS) is 23.9. The summed E-state index contributed by atoms with van der Waals surface area (Å²) in [6, 6.07) is 0. The Balaban J connectivity index is 1.55. The lowest BCUT2D eigenvalue weighted by atomic mass is 10.0. The Morgan fingerprint density at radius 2 is 2.12 bits per heavy atom. The molecule has 0 aromatic carbocycles. The fraction of sp³-hybridized carbons (Fsp3) is 0.667. The third-order valence-corrected chi connectivity index (χ3v) is 3.59. The molecular weight excluding hydrogens is 215 g/mol. The van der Waals surface area contributed by atoms with Crippen LogP contribution in [0.25, 0.3) is 0 Å². The number of nitrogens with zero attached hydrogens (tertiary/aromatic N) is 2. The van der Waals surface area contributed by atoms with E-state index < -0.39 is 0 Å². The van der Waals surface area contributed by atoms with Crippen molar-refractivity contribution < 1.29 is 9.84 Å². The minimum Gasteiger partial charge on any atom is -0.490 e. The van der Waals surface area contributed by atoms with Gasteiger partial charge in [0.05, 0.1) is 31.0 Å². The van der Waals surface area contributed by atoms with Crippen LogP contribution in [0.4, 0.5) is 0 Å². The fourth-order valence-electron chi connectivity index (χ4n) is 1.93. The van der Waals surface area contributed by atoms with Crippen molar-refractivity contribution >= 4 is 7.28 Å². The summed E-state index contributed by atoms with van der Waals surface area (Å²) in [4.78, 5) is 8.59. The first-order valence-electron chi connectivity index (χ1n) is 6.22. The molecule has 0 bridgehead atoms. The quantitative estimate of drug-likeness (QED) is 0.747. The van der Waals surface area contributed by atoms with Gasteiger partial charge in [-0.05, 0) is 19.3 Å². The molecule has 2 fully saturated rings. The number of aromatic nitrogens is 2. The van der Waals surface area contributed by atoms with Crippen LogP contribution in [0.5, 0.6) is 5.75 Å². The van der Waals surface area contributed by atoms with Gasteiger partial charge in [-0.25, -0.2) is 9.97 Å². The standard InChI is InChI=1S/C12H16BN2O2/c16-8-12(2-3-12)11-14-6-10(7-15-11)17-4-1-9-5-13-9/h6-7,9,16H,1-5,8H2. The summed E-state index contributed by atoms with van der Waals surface area (Å²) in [5.41, 5.74) is -0.151. The van der Waals surface area contributed by atoms with Crippen LogP contribution in [-0.4, -0.2) is 35.6 Å². The van der Waals surface area contributed by atoms with E-state index in [0.29, 0.717) is 0 Å². The average molecular weight is 231 g/mol. The number of hydrogen-bond donors (Lipinski definition) is 1. The second-order valence-corrected chi connectivity index (χ2v) is 5.05. The molecule has 1 aliphatic carbocycles. The average Bonchev–Trinajstić information content (AvgIpc) is 3.25. The first kappa shape index (κ1) is 11.0. The number of rotatable bonds is 6. The van der Waals surface area contributed by atoms with Crippen LogP contribution in [-0.2, 0) is 5.41 Å². The zero-order valence-electron chi connectivity index (χ0n) is 9.80. The van der Waals surface area contributed by atoms with Crippen LogP contribution in [0.1, 0.15) is 25.1 Å². The smallest absolute Gasteiger partial charge is 0.155 e. The van der Waals surface area contributed by atoms with E-state index in [0.717, 1.165) is 43.3 Å². The highest BCUT2D eigenvalue weighted by Crippen LogP contribution is 2.45. The van der Waals surface area contributed by atoms with Gasteiger partial charge in [0.25, 0.3) is 0 Å². The molecular formula is C12H16BN2O2. The van der Waals surface area contributed by atoms with Gasteiger partial charge in [-0.2, -0.15) is 0 Å². The van der Waals surface area contributed by atoms with Crippen LogP contribution in [0, 0.1) is 0 Å². The van der Waals surface area contributed by atoms with E-state index in [2.05, 4.69) is 17.2 Å². The fourth-order valence-corrected chi connectivity index (χ4v) is 1.93. The van der Waals surface area contributed by atoms with Crippen LogP contribution in [0.2, 0.25) is 12.1 Å². The highest BCUT2D eigenvalue weighted by atomic mass is 16.5. The third kappa shape index (κ3) is 2.44. The first-order valence-corrected chi connectivity index (χ1v) is 6.22. The lowest BCUT2D eigenvalue weighted by Crippen LogP contribution is -2.15. The van der Waals surface area contributed by atoms with Crippen molar-refractivity contribution in [1.29, 1.82) is 0 Å². The Morgan fingerprint density at radius 3 is 2.65 bits per heavy atom. The molecule has 17 heavy (non-hydrogen) atoms. The molecule has 1 aromatic heterocycles. The molecule has 3 rings (SSSR count). The van der Waals surface area contributed by atoms with Gasteiger partial charge in [0.15, 0.2) is 5.75 Å². The molecule has 2 aliphatic rings. The van der Waals surface area contributed by atoms with Crippen molar-refractivity contribution in [3.8, 4) is 5.75 Å². The molecule has 1 aromatic rings. The molecule has 1 aliphatic heterocycles. The third-order valence-electron chi connectivity index (χ3n) is 3.59. The summed E-state index contributed by atoms with van der Waals surface area (Å²) in [5.74, 6) is 2.24. The summed E-state index contributed by atoms with van der Waals surface area (Å²) < 4.78 is 5.57. The molecule has 2 heterocycles. The van der Waals surface area contributed by atoms with Crippen molar-refractivity contribution in [2.24, 2.45) is 0 Å². The molecule has 1 unspecified atom stereocenters. The van der Waals surface area contributed by atoms with Crippen LogP contribution in [0.15, 0.2) is 12.4 Å². The van der Waals surface area contributed by atoms with Gasteiger partial charge in [0.2, 0.25) is 0 Å².